The zero-order valence-electron chi connectivity index (χ0n) is 13.1. The van der Waals surface area contributed by atoms with Crippen molar-refractivity contribution in [2.45, 2.75) is 51.6 Å². The summed E-state index contributed by atoms with van der Waals surface area (Å²) in [4.78, 5) is 12.0. The highest BCUT2D eigenvalue weighted by atomic mass is 16.5. The van der Waals surface area contributed by atoms with Crippen LogP contribution in [0.4, 0.5) is 0 Å². The van der Waals surface area contributed by atoms with E-state index >= 15 is 0 Å². The van der Waals surface area contributed by atoms with Crippen LogP contribution in [0.5, 0.6) is 5.75 Å². The summed E-state index contributed by atoms with van der Waals surface area (Å²) in [5.41, 5.74) is 0.536. The normalized spacial score (nSPS) is 11.7. The molecule has 3 heteroatoms. The van der Waals surface area contributed by atoms with E-state index in [1.165, 1.54) is 25.7 Å². The minimum Gasteiger partial charge on any atom is -0.497 e. The second-order valence-electron chi connectivity index (χ2n) is 5.11. The Morgan fingerprint density at radius 3 is 2.43 bits per heavy atom. The molecule has 0 fully saturated rings. The summed E-state index contributed by atoms with van der Waals surface area (Å²) in [6.45, 7) is 5.95. The lowest BCUT2D eigenvalue weighted by Gasteiger charge is -2.14. The van der Waals surface area contributed by atoms with Gasteiger partial charge in [0.05, 0.1) is 12.7 Å². The minimum atomic E-state index is -0.309. The third-order valence-corrected chi connectivity index (χ3v) is 3.44. The zero-order valence-corrected chi connectivity index (χ0v) is 13.1. The average molecular weight is 290 g/mol. The maximum absolute atomic E-state index is 12.0. The van der Waals surface area contributed by atoms with Crippen molar-refractivity contribution < 1.29 is 14.3 Å². The zero-order chi connectivity index (χ0) is 15.5. The van der Waals surface area contributed by atoms with E-state index in [9.17, 15) is 4.79 Å². The fraction of sp³-hybridized carbons (Fsp3) is 0.500. The summed E-state index contributed by atoms with van der Waals surface area (Å²) in [5.74, 6) is 0.416. The van der Waals surface area contributed by atoms with Crippen LogP contribution in [0.25, 0.3) is 0 Å². The van der Waals surface area contributed by atoms with Crippen LogP contribution in [0.2, 0.25) is 0 Å². The summed E-state index contributed by atoms with van der Waals surface area (Å²) in [7, 11) is 1.60. The molecule has 0 aliphatic carbocycles. The molecule has 1 aromatic rings. The number of esters is 1. The fourth-order valence-electron chi connectivity index (χ4n) is 2.11. The van der Waals surface area contributed by atoms with Crippen molar-refractivity contribution in [3.8, 4) is 5.75 Å². The molecule has 0 amide bonds. The Bertz CT molecular complexity index is 423. The molecule has 0 aromatic heterocycles. The topological polar surface area (TPSA) is 35.5 Å². The highest BCUT2D eigenvalue weighted by Crippen LogP contribution is 2.15. The molecule has 0 radical (unpaired) electrons. The van der Waals surface area contributed by atoms with Gasteiger partial charge < -0.3 is 9.47 Å². The first-order chi connectivity index (χ1) is 10.2. The first-order valence-corrected chi connectivity index (χ1v) is 7.68. The summed E-state index contributed by atoms with van der Waals surface area (Å²) in [6, 6.07) is 6.93. The molecule has 0 bridgehead atoms. The lowest BCUT2D eigenvalue weighted by molar-refractivity contribution is 0.0376. The number of carbonyl (C=O) groups excluding carboxylic acids is 1. The number of benzene rings is 1. The molecule has 0 spiro atoms. The molecule has 0 unspecified atom stereocenters. The van der Waals surface area contributed by atoms with Crippen LogP contribution >= 0.6 is 0 Å². The van der Waals surface area contributed by atoms with E-state index in [2.05, 4.69) is 13.5 Å². The van der Waals surface area contributed by atoms with Gasteiger partial charge in [-0.05, 0) is 37.1 Å². The van der Waals surface area contributed by atoms with Crippen LogP contribution in [0.3, 0.4) is 0 Å². The summed E-state index contributed by atoms with van der Waals surface area (Å²) >= 11 is 0. The van der Waals surface area contributed by atoms with Gasteiger partial charge in [0.25, 0.3) is 0 Å². The van der Waals surface area contributed by atoms with Crippen molar-refractivity contribution in [1.29, 1.82) is 0 Å². The third-order valence-electron chi connectivity index (χ3n) is 3.44. The van der Waals surface area contributed by atoms with Gasteiger partial charge >= 0.3 is 5.97 Å². The van der Waals surface area contributed by atoms with Gasteiger partial charge in [0.1, 0.15) is 11.9 Å². The maximum Gasteiger partial charge on any atom is 0.338 e. The van der Waals surface area contributed by atoms with Crippen LogP contribution in [0.1, 0.15) is 55.8 Å². The largest absolute Gasteiger partial charge is 0.497 e. The number of carbonyl (C=O) groups is 1. The van der Waals surface area contributed by atoms with Crippen molar-refractivity contribution >= 4 is 5.97 Å². The summed E-state index contributed by atoms with van der Waals surface area (Å²) in [6.07, 6.45) is 8.33. The molecule has 0 N–H and O–H groups in total. The van der Waals surface area contributed by atoms with Gasteiger partial charge in [-0.3, -0.25) is 0 Å². The van der Waals surface area contributed by atoms with Crippen molar-refractivity contribution in [3.63, 3.8) is 0 Å². The summed E-state index contributed by atoms with van der Waals surface area (Å²) < 4.78 is 10.5. The highest BCUT2D eigenvalue weighted by Gasteiger charge is 2.13. The van der Waals surface area contributed by atoms with Gasteiger partial charge in [0.2, 0.25) is 0 Å². The van der Waals surface area contributed by atoms with Gasteiger partial charge in [-0.2, -0.15) is 0 Å². The standard InChI is InChI=1S/C18H26O3/c1-4-6-7-8-9-10-16(5-2)21-18(19)15-11-13-17(20-3)14-12-15/h5,11-14,16H,2,4,6-10H2,1,3H3/t16-/m0/s1. The van der Waals surface area contributed by atoms with Crippen molar-refractivity contribution in [2.75, 3.05) is 7.11 Å². The van der Waals surface area contributed by atoms with E-state index < -0.39 is 0 Å². The Labute approximate surface area is 128 Å². The number of methoxy groups -OCH3 is 1. The van der Waals surface area contributed by atoms with Crippen LogP contribution in [-0.2, 0) is 4.74 Å². The molecule has 0 heterocycles. The Hall–Kier alpha value is -1.77. The predicted molar refractivity (Wildman–Crippen MR) is 85.8 cm³/mol. The van der Waals surface area contributed by atoms with Gasteiger partial charge in [0, 0.05) is 0 Å². The van der Waals surface area contributed by atoms with Gasteiger partial charge in [-0.1, -0.05) is 45.3 Å². The van der Waals surface area contributed by atoms with Gasteiger partial charge in [-0.25, -0.2) is 4.79 Å². The molecule has 1 atom stereocenters. The monoisotopic (exact) mass is 290 g/mol. The predicted octanol–water partition coefficient (Wildman–Crippen LogP) is 4.77. The quantitative estimate of drug-likeness (QED) is 0.354. The van der Waals surface area contributed by atoms with E-state index in [4.69, 9.17) is 9.47 Å². The SMILES string of the molecule is C=C[C@@H](CCCCCCC)OC(=O)c1ccc(OC)cc1. The Kier molecular flexibility index (Phi) is 8.25. The second kappa shape index (κ2) is 10.0. The van der Waals surface area contributed by atoms with E-state index in [-0.39, 0.29) is 12.1 Å². The molecular formula is C18H26O3. The minimum absolute atomic E-state index is 0.207. The lowest BCUT2D eigenvalue weighted by atomic mass is 10.1. The Morgan fingerprint density at radius 1 is 1.19 bits per heavy atom. The van der Waals surface area contributed by atoms with E-state index in [1.807, 2.05) is 0 Å². The molecule has 0 aliphatic heterocycles. The first-order valence-electron chi connectivity index (χ1n) is 7.68. The second-order valence-corrected chi connectivity index (χ2v) is 5.11. The van der Waals surface area contributed by atoms with Crippen LogP contribution < -0.4 is 4.74 Å². The Morgan fingerprint density at radius 2 is 1.86 bits per heavy atom. The van der Waals surface area contributed by atoms with Crippen molar-refractivity contribution in [2.24, 2.45) is 0 Å². The van der Waals surface area contributed by atoms with Crippen LogP contribution in [-0.4, -0.2) is 19.2 Å². The molecular weight excluding hydrogens is 264 g/mol. The van der Waals surface area contributed by atoms with Gasteiger partial charge in [-0.15, -0.1) is 0 Å². The number of hydrogen-bond donors (Lipinski definition) is 0. The Balaban J connectivity index is 2.40. The first kappa shape index (κ1) is 17.3. The maximum atomic E-state index is 12.0. The molecule has 21 heavy (non-hydrogen) atoms. The number of rotatable bonds is 10. The fourth-order valence-corrected chi connectivity index (χ4v) is 2.11. The van der Waals surface area contributed by atoms with Gasteiger partial charge in [0.15, 0.2) is 0 Å². The van der Waals surface area contributed by atoms with E-state index in [0.717, 1.165) is 18.6 Å². The van der Waals surface area contributed by atoms with Crippen molar-refractivity contribution in [1.82, 2.24) is 0 Å². The highest BCUT2D eigenvalue weighted by molar-refractivity contribution is 5.89. The smallest absolute Gasteiger partial charge is 0.338 e. The molecule has 0 aliphatic rings. The molecule has 0 saturated heterocycles. The number of unbranched alkanes of at least 4 members (excludes halogenated alkanes) is 4. The third kappa shape index (κ3) is 6.48. The molecule has 1 rings (SSSR count). The summed E-state index contributed by atoms with van der Waals surface area (Å²) in [5, 5.41) is 0. The van der Waals surface area contributed by atoms with E-state index in [0.29, 0.717) is 5.56 Å². The van der Waals surface area contributed by atoms with Crippen LogP contribution in [0.15, 0.2) is 36.9 Å². The molecule has 0 saturated carbocycles. The molecule has 3 nitrogen and oxygen atoms in total. The molecule has 1 aromatic carbocycles. The van der Waals surface area contributed by atoms with Crippen molar-refractivity contribution in [3.05, 3.63) is 42.5 Å². The number of hydrogen-bond acceptors (Lipinski definition) is 3. The van der Waals surface area contributed by atoms with E-state index in [1.54, 1.807) is 37.5 Å². The lowest BCUT2D eigenvalue weighted by Crippen LogP contribution is -2.16. The molecule has 116 valence electrons. The number of ether oxygens (including phenoxy) is 2. The van der Waals surface area contributed by atoms with Crippen LogP contribution in [0, 0.1) is 0 Å². The average Bonchev–Trinajstić information content (AvgIpc) is 2.53.